The highest BCUT2D eigenvalue weighted by molar-refractivity contribution is 6.09. The van der Waals surface area contributed by atoms with Crippen LogP contribution in [0, 0.1) is 5.92 Å². The van der Waals surface area contributed by atoms with Crippen molar-refractivity contribution in [3.05, 3.63) is 0 Å². The summed E-state index contributed by atoms with van der Waals surface area (Å²) < 4.78 is 0. The summed E-state index contributed by atoms with van der Waals surface area (Å²) in [5.41, 5.74) is -0.833. The van der Waals surface area contributed by atoms with Gasteiger partial charge in [-0.3, -0.25) is 14.5 Å². The lowest BCUT2D eigenvalue weighted by molar-refractivity contribution is -0.143. The number of urea groups is 1. The maximum absolute atomic E-state index is 12.8. The van der Waals surface area contributed by atoms with Crippen molar-refractivity contribution < 1.29 is 24.3 Å². The quantitative estimate of drug-likeness (QED) is 0.721. The SMILES string of the molecule is CC(C)[C@H](NC(=O)CN1C(=O)N(C)C2(CCCCC2)C1=O)C(=O)O. The molecule has 2 N–H and O–H groups in total. The molecule has 1 aliphatic heterocycles. The fraction of sp³-hybridized carbons (Fsp3) is 0.750. The Morgan fingerprint density at radius 2 is 1.79 bits per heavy atom. The Kier molecular flexibility index (Phi) is 5.15. The highest BCUT2D eigenvalue weighted by Crippen LogP contribution is 2.39. The van der Waals surface area contributed by atoms with Crippen LogP contribution in [0.1, 0.15) is 46.0 Å². The number of hydrogen-bond donors (Lipinski definition) is 2. The van der Waals surface area contributed by atoms with Crippen LogP contribution in [0.3, 0.4) is 0 Å². The van der Waals surface area contributed by atoms with Crippen molar-refractivity contribution in [3.8, 4) is 0 Å². The van der Waals surface area contributed by atoms with Crippen LogP contribution in [-0.2, 0) is 14.4 Å². The molecule has 1 heterocycles. The second kappa shape index (κ2) is 6.78. The first-order valence-electron chi connectivity index (χ1n) is 8.32. The topological polar surface area (TPSA) is 107 Å². The van der Waals surface area contributed by atoms with Crippen molar-refractivity contribution >= 4 is 23.8 Å². The second-order valence-electron chi connectivity index (χ2n) is 6.95. The maximum Gasteiger partial charge on any atom is 0.327 e. The lowest BCUT2D eigenvalue weighted by Crippen LogP contribution is -2.51. The average Bonchev–Trinajstić information content (AvgIpc) is 2.69. The average molecular weight is 339 g/mol. The highest BCUT2D eigenvalue weighted by Gasteiger charge is 2.55. The van der Waals surface area contributed by atoms with E-state index < -0.39 is 36.0 Å². The monoisotopic (exact) mass is 339 g/mol. The molecule has 1 spiro atoms. The van der Waals surface area contributed by atoms with Crippen LogP contribution in [0.15, 0.2) is 0 Å². The summed E-state index contributed by atoms with van der Waals surface area (Å²) in [5, 5.41) is 11.5. The van der Waals surface area contributed by atoms with Crippen molar-refractivity contribution in [2.24, 2.45) is 5.92 Å². The van der Waals surface area contributed by atoms with E-state index in [4.69, 9.17) is 5.11 Å². The largest absolute Gasteiger partial charge is 0.480 e. The fourth-order valence-electron chi connectivity index (χ4n) is 3.55. The molecule has 4 amide bonds. The van der Waals surface area contributed by atoms with E-state index in [-0.39, 0.29) is 11.8 Å². The van der Waals surface area contributed by atoms with Crippen molar-refractivity contribution in [1.29, 1.82) is 0 Å². The van der Waals surface area contributed by atoms with Gasteiger partial charge < -0.3 is 15.3 Å². The zero-order valence-electron chi connectivity index (χ0n) is 14.4. The molecule has 1 aliphatic carbocycles. The summed E-state index contributed by atoms with van der Waals surface area (Å²) in [6.45, 7) is 2.91. The molecule has 1 saturated heterocycles. The molecule has 2 fully saturated rings. The molecule has 2 rings (SSSR count). The third-order valence-corrected chi connectivity index (χ3v) is 5.03. The lowest BCUT2D eigenvalue weighted by Gasteiger charge is -2.35. The Bertz CT molecular complexity index is 554. The number of nitrogens with one attached hydrogen (secondary N) is 1. The van der Waals surface area contributed by atoms with Crippen molar-refractivity contribution in [3.63, 3.8) is 0 Å². The number of carbonyl (C=O) groups is 4. The minimum absolute atomic E-state index is 0.302. The Hall–Kier alpha value is -2.12. The highest BCUT2D eigenvalue weighted by atomic mass is 16.4. The minimum atomic E-state index is -1.14. The Morgan fingerprint density at radius 3 is 2.29 bits per heavy atom. The fourth-order valence-corrected chi connectivity index (χ4v) is 3.55. The molecule has 0 aromatic rings. The van der Waals surface area contributed by atoms with Crippen LogP contribution in [0.25, 0.3) is 0 Å². The Labute approximate surface area is 141 Å². The van der Waals surface area contributed by atoms with Gasteiger partial charge in [0.2, 0.25) is 5.91 Å². The van der Waals surface area contributed by atoms with Gasteiger partial charge in [0.25, 0.3) is 5.91 Å². The van der Waals surface area contributed by atoms with Crippen LogP contribution >= 0.6 is 0 Å². The number of carbonyl (C=O) groups excluding carboxylic acids is 3. The molecule has 0 bridgehead atoms. The zero-order valence-corrected chi connectivity index (χ0v) is 14.4. The maximum atomic E-state index is 12.8. The molecule has 1 atom stereocenters. The van der Waals surface area contributed by atoms with Crippen LogP contribution in [0.4, 0.5) is 4.79 Å². The molecule has 2 aliphatic rings. The number of hydrogen-bond acceptors (Lipinski definition) is 4. The van der Waals surface area contributed by atoms with Crippen LogP contribution < -0.4 is 5.32 Å². The summed E-state index contributed by atoms with van der Waals surface area (Å²) in [4.78, 5) is 50.9. The van der Waals surface area contributed by atoms with E-state index in [0.717, 1.165) is 24.2 Å². The molecular formula is C16H25N3O5. The number of carboxylic acid groups (broad SMARTS) is 1. The number of likely N-dealkylation sites (N-methyl/N-ethyl adjacent to an activating group) is 1. The Balaban J connectivity index is 2.09. The third kappa shape index (κ3) is 3.09. The molecule has 1 saturated carbocycles. The van der Waals surface area contributed by atoms with E-state index in [9.17, 15) is 19.2 Å². The van der Waals surface area contributed by atoms with E-state index in [1.54, 1.807) is 20.9 Å². The summed E-state index contributed by atoms with van der Waals surface area (Å²) in [6.07, 6.45) is 3.99. The van der Waals surface area contributed by atoms with Crippen LogP contribution in [0.2, 0.25) is 0 Å². The predicted octanol–water partition coefficient (Wildman–Crippen LogP) is 0.809. The lowest BCUT2D eigenvalue weighted by atomic mass is 9.81. The van der Waals surface area contributed by atoms with Gasteiger partial charge in [0, 0.05) is 7.05 Å². The van der Waals surface area contributed by atoms with Crippen molar-refractivity contribution in [2.75, 3.05) is 13.6 Å². The molecule has 0 radical (unpaired) electrons. The first-order chi connectivity index (χ1) is 11.2. The summed E-state index contributed by atoms with van der Waals surface area (Å²) in [6, 6.07) is -1.54. The molecule has 8 nitrogen and oxygen atoms in total. The van der Waals surface area contributed by atoms with Crippen LogP contribution in [-0.4, -0.2) is 63.9 Å². The standard InChI is InChI=1S/C16H25N3O5/c1-10(2)12(13(21)22)17-11(20)9-19-14(23)16(18(3)15(19)24)7-5-4-6-8-16/h10,12H,4-9H2,1-3H3,(H,17,20)(H,21,22)/t12-/m0/s1. The normalized spacial score (nSPS) is 21.5. The molecule has 134 valence electrons. The molecule has 0 aromatic carbocycles. The van der Waals surface area contributed by atoms with Gasteiger partial charge in [-0.1, -0.05) is 33.1 Å². The smallest absolute Gasteiger partial charge is 0.327 e. The zero-order chi connectivity index (χ0) is 18.1. The second-order valence-corrected chi connectivity index (χ2v) is 6.95. The van der Waals surface area contributed by atoms with E-state index in [2.05, 4.69) is 5.32 Å². The number of nitrogens with zero attached hydrogens (tertiary/aromatic N) is 2. The first-order valence-corrected chi connectivity index (χ1v) is 8.32. The van der Waals surface area contributed by atoms with Gasteiger partial charge in [0.15, 0.2) is 0 Å². The van der Waals surface area contributed by atoms with E-state index in [0.29, 0.717) is 12.8 Å². The number of imide groups is 1. The van der Waals surface area contributed by atoms with Gasteiger partial charge >= 0.3 is 12.0 Å². The Morgan fingerprint density at radius 1 is 1.21 bits per heavy atom. The number of amides is 4. The van der Waals surface area contributed by atoms with Gasteiger partial charge in [-0.05, 0) is 18.8 Å². The molecule has 24 heavy (non-hydrogen) atoms. The van der Waals surface area contributed by atoms with E-state index in [1.165, 1.54) is 4.90 Å². The minimum Gasteiger partial charge on any atom is -0.480 e. The summed E-state index contributed by atoms with van der Waals surface area (Å²) in [5.74, 6) is -2.43. The van der Waals surface area contributed by atoms with Gasteiger partial charge in [0.1, 0.15) is 18.1 Å². The van der Waals surface area contributed by atoms with Crippen LogP contribution in [0.5, 0.6) is 0 Å². The van der Waals surface area contributed by atoms with Gasteiger partial charge in [0.05, 0.1) is 0 Å². The number of carboxylic acids is 1. The van der Waals surface area contributed by atoms with E-state index in [1.807, 2.05) is 0 Å². The summed E-state index contributed by atoms with van der Waals surface area (Å²) >= 11 is 0. The van der Waals surface area contributed by atoms with Crippen molar-refractivity contribution in [1.82, 2.24) is 15.1 Å². The molecular weight excluding hydrogens is 314 g/mol. The summed E-state index contributed by atoms with van der Waals surface area (Å²) in [7, 11) is 1.59. The van der Waals surface area contributed by atoms with Gasteiger partial charge in [-0.2, -0.15) is 0 Å². The van der Waals surface area contributed by atoms with Gasteiger partial charge in [-0.15, -0.1) is 0 Å². The van der Waals surface area contributed by atoms with Crippen molar-refractivity contribution in [2.45, 2.75) is 57.5 Å². The van der Waals surface area contributed by atoms with Gasteiger partial charge in [-0.25, -0.2) is 9.59 Å². The molecule has 0 aromatic heterocycles. The molecule has 0 unspecified atom stereocenters. The molecule has 8 heteroatoms. The first kappa shape index (κ1) is 18.2. The third-order valence-electron chi connectivity index (χ3n) is 5.03. The van der Waals surface area contributed by atoms with E-state index >= 15 is 0 Å². The number of aliphatic carboxylic acids is 1. The number of rotatable bonds is 5. The predicted molar refractivity (Wildman–Crippen MR) is 85.1 cm³/mol.